The second-order valence-corrected chi connectivity index (χ2v) is 5.11. The van der Waals surface area contributed by atoms with Gasteiger partial charge >= 0.3 is 5.97 Å². The normalized spacial score (nSPS) is 23.5. The van der Waals surface area contributed by atoms with Gasteiger partial charge in [0.15, 0.2) is 0 Å². The maximum Gasteiger partial charge on any atom is 0.303 e. The van der Waals surface area contributed by atoms with Crippen LogP contribution in [0.1, 0.15) is 26.7 Å². The Balaban J connectivity index is 2.44. The molecule has 2 unspecified atom stereocenters. The molecule has 1 amide bonds. The van der Waals surface area contributed by atoms with Crippen molar-refractivity contribution < 1.29 is 14.7 Å². The molecule has 1 rings (SSSR count). The number of carboxylic acids is 1. The molecule has 1 saturated heterocycles. The van der Waals surface area contributed by atoms with Gasteiger partial charge in [0, 0.05) is 38.5 Å². The molecule has 98 valence electrons. The van der Waals surface area contributed by atoms with E-state index >= 15 is 0 Å². The van der Waals surface area contributed by atoms with Crippen LogP contribution in [0.15, 0.2) is 0 Å². The minimum atomic E-state index is -0.836. The lowest BCUT2D eigenvalue weighted by Crippen LogP contribution is -2.52. The number of aliphatic carboxylic acids is 1. The number of amides is 1. The standard InChI is InChI=1S/C12H22N2O3/c1-9(7-12(16)17)6-11(15)14-5-4-13(3)8-10(14)2/h9-10H,4-8H2,1-3H3,(H,16,17). The lowest BCUT2D eigenvalue weighted by molar-refractivity contribution is -0.139. The Morgan fingerprint density at radius 3 is 2.53 bits per heavy atom. The molecule has 0 spiro atoms. The van der Waals surface area contributed by atoms with Crippen LogP contribution < -0.4 is 0 Å². The van der Waals surface area contributed by atoms with Crippen molar-refractivity contribution in [2.24, 2.45) is 5.92 Å². The first-order valence-corrected chi connectivity index (χ1v) is 6.10. The average Bonchev–Trinajstić information content (AvgIpc) is 2.15. The van der Waals surface area contributed by atoms with Gasteiger partial charge in [0.05, 0.1) is 0 Å². The number of hydrogen-bond donors (Lipinski definition) is 1. The highest BCUT2D eigenvalue weighted by atomic mass is 16.4. The summed E-state index contributed by atoms with van der Waals surface area (Å²) in [4.78, 5) is 26.6. The van der Waals surface area contributed by atoms with Crippen molar-refractivity contribution in [1.82, 2.24) is 9.80 Å². The number of hydrogen-bond acceptors (Lipinski definition) is 3. The topological polar surface area (TPSA) is 60.9 Å². The quantitative estimate of drug-likeness (QED) is 0.786. The molecular formula is C12H22N2O3. The van der Waals surface area contributed by atoms with Gasteiger partial charge < -0.3 is 14.9 Å². The fourth-order valence-corrected chi connectivity index (χ4v) is 2.30. The van der Waals surface area contributed by atoms with E-state index in [1.807, 2.05) is 25.8 Å². The van der Waals surface area contributed by atoms with Crippen LogP contribution in [0.3, 0.4) is 0 Å². The molecule has 5 nitrogen and oxygen atoms in total. The molecule has 1 N–H and O–H groups in total. The van der Waals surface area contributed by atoms with E-state index in [0.717, 1.165) is 19.6 Å². The SMILES string of the molecule is CC(CC(=O)O)CC(=O)N1CCN(C)CC1C. The molecule has 1 fully saturated rings. The highest BCUT2D eigenvalue weighted by Gasteiger charge is 2.26. The Morgan fingerprint density at radius 2 is 2.00 bits per heavy atom. The van der Waals surface area contributed by atoms with E-state index in [4.69, 9.17) is 5.11 Å². The van der Waals surface area contributed by atoms with E-state index in [2.05, 4.69) is 4.90 Å². The minimum Gasteiger partial charge on any atom is -0.481 e. The fourth-order valence-electron chi connectivity index (χ4n) is 2.30. The van der Waals surface area contributed by atoms with Crippen LogP contribution in [-0.2, 0) is 9.59 Å². The second kappa shape index (κ2) is 6.00. The Bertz CT molecular complexity index is 293. The predicted octanol–water partition coefficient (Wildman–Crippen LogP) is 0.650. The van der Waals surface area contributed by atoms with Gasteiger partial charge in [-0.2, -0.15) is 0 Å². The predicted molar refractivity (Wildman–Crippen MR) is 64.7 cm³/mol. The summed E-state index contributed by atoms with van der Waals surface area (Å²) in [6.45, 7) is 6.38. The van der Waals surface area contributed by atoms with E-state index in [1.54, 1.807) is 0 Å². The highest BCUT2D eigenvalue weighted by molar-refractivity contribution is 5.77. The van der Waals surface area contributed by atoms with Gasteiger partial charge in [-0.05, 0) is 19.9 Å². The zero-order valence-electron chi connectivity index (χ0n) is 10.8. The van der Waals surface area contributed by atoms with Crippen LogP contribution in [0, 0.1) is 5.92 Å². The van der Waals surface area contributed by atoms with Gasteiger partial charge in [0.25, 0.3) is 0 Å². The van der Waals surface area contributed by atoms with Crippen LogP contribution in [-0.4, -0.2) is 59.5 Å². The maximum atomic E-state index is 12.0. The second-order valence-electron chi connectivity index (χ2n) is 5.11. The van der Waals surface area contributed by atoms with E-state index in [9.17, 15) is 9.59 Å². The zero-order valence-corrected chi connectivity index (χ0v) is 10.8. The average molecular weight is 242 g/mol. The minimum absolute atomic E-state index is 0.0634. The lowest BCUT2D eigenvalue weighted by Gasteiger charge is -2.38. The summed E-state index contributed by atoms with van der Waals surface area (Å²) in [6.07, 6.45) is 0.397. The molecule has 0 saturated carbocycles. The van der Waals surface area contributed by atoms with Crippen LogP contribution >= 0.6 is 0 Å². The maximum absolute atomic E-state index is 12.0. The molecule has 1 aliphatic heterocycles. The highest BCUT2D eigenvalue weighted by Crippen LogP contribution is 2.14. The van der Waals surface area contributed by atoms with Crippen molar-refractivity contribution in [1.29, 1.82) is 0 Å². The van der Waals surface area contributed by atoms with Crippen molar-refractivity contribution in [2.75, 3.05) is 26.7 Å². The van der Waals surface area contributed by atoms with Crippen LogP contribution in [0.5, 0.6) is 0 Å². The summed E-state index contributed by atoms with van der Waals surface area (Å²) in [5, 5.41) is 8.66. The first-order chi connectivity index (χ1) is 7.90. The Labute approximate surface area is 102 Å². The smallest absolute Gasteiger partial charge is 0.303 e. The van der Waals surface area contributed by atoms with E-state index in [0.29, 0.717) is 6.42 Å². The van der Waals surface area contributed by atoms with E-state index in [1.165, 1.54) is 0 Å². The van der Waals surface area contributed by atoms with Gasteiger partial charge in [0.1, 0.15) is 0 Å². The molecule has 1 heterocycles. The molecular weight excluding hydrogens is 220 g/mol. The van der Waals surface area contributed by atoms with Gasteiger partial charge in [0.2, 0.25) is 5.91 Å². The molecule has 0 aromatic carbocycles. The number of carbonyl (C=O) groups excluding carboxylic acids is 1. The molecule has 0 aliphatic carbocycles. The van der Waals surface area contributed by atoms with Crippen LogP contribution in [0.4, 0.5) is 0 Å². The van der Waals surface area contributed by atoms with Crippen molar-refractivity contribution in [3.05, 3.63) is 0 Å². The third kappa shape index (κ3) is 4.34. The van der Waals surface area contributed by atoms with Gasteiger partial charge in [-0.3, -0.25) is 9.59 Å². The van der Waals surface area contributed by atoms with Crippen molar-refractivity contribution in [3.63, 3.8) is 0 Å². The van der Waals surface area contributed by atoms with Gasteiger partial charge in [-0.25, -0.2) is 0 Å². The summed E-state index contributed by atoms with van der Waals surface area (Å²) in [6, 6.07) is 0.221. The molecule has 5 heteroatoms. The van der Waals surface area contributed by atoms with Crippen LogP contribution in [0.2, 0.25) is 0 Å². The summed E-state index contributed by atoms with van der Waals surface area (Å²) in [5.74, 6) is -0.845. The summed E-state index contributed by atoms with van der Waals surface area (Å²) in [5.41, 5.74) is 0. The van der Waals surface area contributed by atoms with Crippen LogP contribution in [0.25, 0.3) is 0 Å². The van der Waals surface area contributed by atoms with Crippen molar-refractivity contribution in [2.45, 2.75) is 32.7 Å². The number of carboxylic acid groups (broad SMARTS) is 1. The number of nitrogens with zero attached hydrogens (tertiary/aromatic N) is 2. The number of carbonyl (C=O) groups is 2. The molecule has 2 atom stereocenters. The number of rotatable bonds is 4. The first kappa shape index (κ1) is 14.0. The van der Waals surface area contributed by atoms with Crippen molar-refractivity contribution >= 4 is 11.9 Å². The van der Waals surface area contributed by atoms with Gasteiger partial charge in [-0.1, -0.05) is 6.92 Å². The largest absolute Gasteiger partial charge is 0.481 e. The lowest BCUT2D eigenvalue weighted by atomic mass is 10.0. The number of piperazine rings is 1. The summed E-state index contributed by atoms with van der Waals surface area (Å²) in [7, 11) is 2.05. The molecule has 0 aromatic rings. The molecule has 1 aliphatic rings. The third-order valence-corrected chi connectivity index (χ3v) is 3.20. The summed E-state index contributed by atoms with van der Waals surface area (Å²) >= 11 is 0. The zero-order chi connectivity index (χ0) is 13.0. The first-order valence-electron chi connectivity index (χ1n) is 6.10. The number of likely N-dealkylation sites (N-methyl/N-ethyl adjacent to an activating group) is 1. The summed E-state index contributed by atoms with van der Waals surface area (Å²) < 4.78 is 0. The Hall–Kier alpha value is -1.10. The van der Waals surface area contributed by atoms with E-state index < -0.39 is 5.97 Å². The third-order valence-electron chi connectivity index (χ3n) is 3.20. The molecule has 0 bridgehead atoms. The van der Waals surface area contributed by atoms with Crippen molar-refractivity contribution in [3.8, 4) is 0 Å². The monoisotopic (exact) mass is 242 g/mol. The Morgan fingerprint density at radius 1 is 1.35 bits per heavy atom. The molecule has 0 aromatic heterocycles. The molecule has 17 heavy (non-hydrogen) atoms. The Kier molecular flexibility index (Phi) is 4.93. The fraction of sp³-hybridized carbons (Fsp3) is 0.833. The van der Waals surface area contributed by atoms with E-state index in [-0.39, 0.29) is 24.3 Å². The van der Waals surface area contributed by atoms with Gasteiger partial charge in [-0.15, -0.1) is 0 Å². The molecule has 0 radical (unpaired) electrons.